The van der Waals surface area contributed by atoms with Gasteiger partial charge in [0.05, 0.1) is 23.6 Å². The van der Waals surface area contributed by atoms with Gasteiger partial charge in [-0.25, -0.2) is 8.42 Å². The highest BCUT2D eigenvalue weighted by molar-refractivity contribution is 7.89. The van der Waals surface area contributed by atoms with Crippen molar-refractivity contribution < 1.29 is 31.5 Å². The minimum Gasteiger partial charge on any atom is -0.395 e. The molecule has 2 aromatic carbocycles. The molecule has 3 rings (SSSR count). The highest BCUT2D eigenvalue weighted by Crippen LogP contribution is 2.30. The van der Waals surface area contributed by atoms with Crippen LogP contribution in [0.2, 0.25) is 0 Å². The second-order valence-electron chi connectivity index (χ2n) is 7.18. The van der Waals surface area contributed by atoms with E-state index in [1.54, 1.807) is 18.2 Å². The van der Waals surface area contributed by atoms with Crippen LogP contribution in [0.5, 0.6) is 0 Å². The smallest absolute Gasteiger partial charge is 0.395 e. The van der Waals surface area contributed by atoms with E-state index in [2.05, 4.69) is 10.5 Å². The Labute approximate surface area is 184 Å². The number of oxime groups is 1. The molecule has 1 aliphatic heterocycles. The zero-order chi connectivity index (χ0) is 23.2. The van der Waals surface area contributed by atoms with Crippen LogP contribution in [0.15, 0.2) is 58.6 Å². The van der Waals surface area contributed by atoms with Crippen LogP contribution in [0, 0.1) is 0 Å². The molecule has 7 nitrogen and oxygen atoms in total. The maximum absolute atomic E-state index is 13.1. The Kier molecular flexibility index (Phi) is 7.75. The monoisotopic (exact) mass is 471 g/mol. The number of sulfonamides is 1. The van der Waals surface area contributed by atoms with Crippen LogP contribution < -0.4 is 5.32 Å². The van der Waals surface area contributed by atoms with E-state index < -0.39 is 21.8 Å². The summed E-state index contributed by atoms with van der Waals surface area (Å²) >= 11 is 0. The van der Waals surface area contributed by atoms with Crippen LogP contribution >= 0.6 is 0 Å². The SMILES string of the molecule is O=S(=O)(c1ccccc1NCCO)N1CCC(=NOCc2cccc(C(F)(F)F)c2)CC1. The highest BCUT2D eigenvalue weighted by atomic mass is 32.2. The first kappa shape index (κ1) is 24.0. The van der Waals surface area contributed by atoms with Crippen LogP contribution in [0.4, 0.5) is 18.9 Å². The van der Waals surface area contributed by atoms with Crippen LogP contribution in [0.3, 0.4) is 0 Å². The first-order chi connectivity index (χ1) is 15.2. The topological polar surface area (TPSA) is 91.2 Å². The molecule has 0 spiro atoms. The third kappa shape index (κ3) is 5.99. The van der Waals surface area contributed by atoms with Crippen molar-refractivity contribution in [3.63, 3.8) is 0 Å². The van der Waals surface area contributed by atoms with E-state index in [0.29, 0.717) is 29.8 Å². The number of aliphatic hydroxyl groups excluding tert-OH is 1. The third-order valence-electron chi connectivity index (χ3n) is 4.91. The lowest BCUT2D eigenvalue weighted by Gasteiger charge is -2.27. The predicted molar refractivity (Wildman–Crippen MR) is 114 cm³/mol. The largest absolute Gasteiger partial charge is 0.416 e. The summed E-state index contributed by atoms with van der Waals surface area (Å²) in [6, 6.07) is 11.3. The average molecular weight is 472 g/mol. The van der Waals surface area contributed by atoms with E-state index >= 15 is 0 Å². The maximum atomic E-state index is 13.1. The molecule has 1 aliphatic rings. The molecular weight excluding hydrogens is 447 g/mol. The van der Waals surface area contributed by atoms with Gasteiger partial charge in [-0.2, -0.15) is 17.5 Å². The van der Waals surface area contributed by atoms with E-state index in [-0.39, 0.29) is 37.7 Å². The number of hydrogen-bond acceptors (Lipinski definition) is 6. The molecule has 1 saturated heterocycles. The zero-order valence-electron chi connectivity index (χ0n) is 17.2. The predicted octanol–water partition coefficient (Wildman–Crippen LogP) is 3.47. The van der Waals surface area contributed by atoms with Gasteiger partial charge in [-0.1, -0.05) is 29.4 Å². The Balaban J connectivity index is 1.59. The van der Waals surface area contributed by atoms with Crippen LogP contribution in [0.1, 0.15) is 24.0 Å². The molecule has 2 aromatic rings. The second kappa shape index (κ2) is 10.3. The van der Waals surface area contributed by atoms with Gasteiger partial charge in [-0.15, -0.1) is 0 Å². The van der Waals surface area contributed by atoms with Gasteiger partial charge in [0, 0.05) is 32.5 Å². The average Bonchev–Trinajstić information content (AvgIpc) is 2.78. The van der Waals surface area contributed by atoms with Gasteiger partial charge in [0.15, 0.2) is 0 Å². The lowest BCUT2D eigenvalue weighted by molar-refractivity contribution is -0.137. The number of anilines is 1. The first-order valence-electron chi connectivity index (χ1n) is 9.99. The molecule has 32 heavy (non-hydrogen) atoms. The summed E-state index contributed by atoms with van der Waals surface area (Å²) in [5, 5.41) is 15.9. The fourth-order valence-corrected chi connectivity index (χ4v) is 4.89. The standard InChI is InChI=1S/C21H24F3N3O4S/c22-21(23,24)17-5-3-4-16(14-17)15-31-26-18-8-11-27(12-9-18)32(29,30)20-7-2-1-6-19(20)25-10-13-28/h1-7,14,25,28H,8-13,15H2. The Morgan fingerprint density at radius 2 is 1.81 bits per heavy atom. The zero-order valence-corrected chi connectivity index (χ0v) is 18.0. The van der Waals surface area contributed by atoms with Crippen molar-refractivity contribution in [1.29, 1.82) is 0 Å². The number of hydrogen-bond donors (Lipinski definition) is 2. The molecule has 0 aliphatic carbocycles. The Morgan fingerprint density at radius 1 is 1.09 bits per heavy atom. The minimum absolute atomic E-state index is 0.112. The van der Waals surface area contributed by atoms with Crippen LogP contribution in [-0.4, -0.2) is 49.8 Å². The summed E-state index contributed by atoms with van der Waals surface area (Å²) in [6.45, 7) is 0.412. The number of nitrogens with one attached hydrogen (secondary N) is 1. The Hall–Kier alpha value is -2.63. The number of para-hydroxylation sites is 1. The van der Waals surface area contributed by atoms with Gasteiger partial charge in [-0.3, -0.25) is 0 Å². The lowest BCUT2D eigenvalue weighted by atomic mass is 10.1. The van der Waals surface area contributed by atoms with E-state index in [4.69, 9.17) is 9.94 Å². The number of halogens is 3. The van der Waals surface area contributed by atoms with Gasteiger partial charge < -0.3 is 15.3 Å². The molecule has 11 heteroatoms. The molecule has 0 unspecified atom stereocenters. The molecule has 0 radical (unpaired) electrons. The summed E-state index contributed by atoms with van der Waals surface area (Å²) in [6.07, 6.45) is -3.71. The molecule has 1 heterocycles. The lowest BCUT2D eigenvalue weighted by Crippen LogP contribution is -2.39. The fourth-order valence-electron chi connectivity index (χ4n) is 3.28. The molecule has 0 aromatic heterocycles. The molecule has 0 atom stereocenters. The van der Waals surface area contributed by atoms with Crippen LogP contribution in [0.25, 0.3) is 0 Å². The van der Waals surface area contributed by atoms with Crippen molar-refractivity contribution >= 4 is 21.4 Å². The van der Waals surface area contributed by atoms with Crippen molar-refractivity contribution in [2.75, 3.05) is 31.6 Å². The summed E-state index contributed by atoms with van der Waals surface area (Å²) in [5.74, 6) is 0. The van der Waals surface area contributed by atoms with Crippen molar-refractivity contribution in [1.82, 2.24) is 4.31 Å². The third-order valence-corrected chi connectivity index (χ3v) is 6.87. The summed E-state index contributed by atoms with van der Waals surface area (Å²) in [4.78, 5) is 5.35. The van der Waals surface area contributed by atoms with Crippen molar-refractivity contribution in [3.05, 3.63) is 59.7 Å². The first-order valence-corrected chi connectivity index (χ1v) is 11.4. The van der Waals surface area contributed by atoms with E-state index in [1.165, 1.54) is 22.5 Å². The minimum atomic E-state index is -4.42. The molecule has 1 fully saturated rings. The number of alkyl halides is 3. The Morgan fingerprint density at radius 3 is 2.50 bits per heavy atom. The quantitative estimate of drug-likeness (QED) is 0.576. The molecule has 0 amide bonds. The summed E-state index contributed by atoms with van der Waals surface area (Å²) in [7, 11) is -3.74. The van der Waals surface area contributed by atoms with Crippen LogP contribution in [-0.2, 0) is 27.6 Å². The number of aliphatic hydroxyl groups is 1. The normalized spacial score (nSPS) is 15.4. The number of benzene rings is 2. The fraction of sp³-hybridized carbons (Fsp3) is 0.381. The molecule has 174 valence electrons. The van der Waals surface area contributed by atoms with Gasteiger partial charge in [0.1, 0.15) is 11.5 Å². The molecule has 0 saturated carbocycles. The maximum Gasteiger partial charge on any atom is 0.416 e. The van der Waals surface area contributed by atoms with Crippen molar-refractivity contribution in [2.45, 2.75) is 30.5 Å². The van der Waals surface area contributed by atoms with E-state index in [1.807, 2.05) is 0 Å². The summed E-state index contributed by atoms with van der Waals surface area (Å²) in [5.41, 5.74) is 0.662. The molecule has 0 bridgehead atoms. The number of nitrogens with zero attached hydrogens (tertiary/aromatic N) is 2. The van der Waals surface area contributed by atoms with Crippen molar-refractivity contribution in [3.8, 4) is 0 Å². The number of rotatable bonds is 8. The van der Waals surface area contributed by atoms with E-state index in [9.17, 15) is 21.6 Å². The number of piperidine rings is 1. The Bertz CT molecular complexity index is 1050. The molecule has 2 N–H and O–H groups in total. The van der Waals surface area contributed by atoms with E-state index in [0.717, 1.165) is 12.1 Å². The van der Waals surface area contributed by atoms with Gasteiger partial charge >= 0.3 is 6.18 Å². The van der Waals surface area contributed by atoms with Gasteiger partial charge in [0.25, 0.3) is 0 Å². The van der Waals surface area contributed by atoms with Crippen molar-refractivity contribution in [2.24, 2.45) is 5.16 Å². The second-order valence-corrected chi connectivity index (χ2v) is 9.09. The van der Waals surface area contributed by atoms with Gasteiger partial charge in [0.2, 0.25) is 10.0 Å². The van der Waals surface area contributed by atoms with Gasteiger partial charge in [-0.05, 0) is 29.8 Å². The summed E-state index contributed by atoms with van der Waals surface area (Å²) < 4.78 is 65.8. The molecular formula is C21H24F3N3O4S. The highest BCUT2D eigenvalue weighted by Gasteiger charge is 2.31.